The van der Waals surface area contributed by atoms with E-state index in [-0.39, 0.29) is 11.9 Å². The molecule has 1 aliphatic heterocycles. The second kappa shape index (κ2) is 13.0. The van der Waals surface area contributed by atoms with Crippen LogP contribution in [0.3, 0.4) is 0 Å². The first kappa shape index (κ1) is 28.4. The van der Waals surface area contributed by atoms with Crippen LogP contribution in [0, 0.1) is 0 Å². The molecule has 4 aromatic rings. The normalized spacial score (nSPS) is 16.8. The number of carbonyl (C=O) groups excluding carboxylic acids is 1. The molecule has 0 bridgehead atoms. The van der Waals surface area contributed by atoms with Crippen molar-refractivity contribution in [3.8, 4) is 11.3 Å². The first-order valence-electron chi connectivity index (χ1n) is 14.1. The van der Waals surface area contributed by atoms with E-state index in [4.69, 9.17) is 15.5 Å². The molecule has 0 aliphatic carbocycles. The molecule has 4 N–H and O–H groups in total. The Hall–Kier alpha value is -4.12. The smallest absolute Gasteiger partial charge is 0.256 e. The molecule has 1 saturated heterocycles. The standard InChI is InChI=1S/C31H37N7O3/c1-3-7-21-14-15-33-25(20-21)35-31(40)23-12-10-22(11-13-23)27-28-29(32)34-16-18-38(28)30(36-27)24-8-4-5-17-37(24)26(39)9-6-19-41-2/h6,9-16,18,20,24,26,39H,3-5,7-8,17,19H2,1-2H3,(H2,32,34)(H,33,35,40)/b9-6+/t24-,26-/m0/s1. The fourth-order valence-corrected chi connectivity index (χ4v) is 5.41. The number of amides is 1. The number of likely N-dealkylation sites (tertiary alicyclic amines) is 1. The van der Waals surface area contributed by atoms with Crippen LogP contribution in [0.15, 0.2) is 67.1 Å². The molecule has 10 nitrogen and oxygen atoms in total. The van der Waals surface area contributed by atoms with Gasteiger partial charge in [0.2, 0.25) is 0 Å². The highest BCUT2D eigenvalue weighted by atomic mass is 16.5. The second-order valence-electron chi connectivity index (χ2n) is 10.2. The third-order valence-electron chi connectivity index (χ3n) is 7.39. The van der Waals surface area contributed by atoms with E-state index in [9.17, 15) is 9.90 Å². The Morgan fingerprint density at radius 3 is 2.83 bits per heavy atom. The lowest BCUT2D eigenvalue weighted by Crippen LogP contribution is -2.41. The number of pyridine rings is 1. The molecule has 0 unspecified atom stereocenters. The molecular weight excluding hydrogens is 518 g/mol. The highest BCUT2D eigenvalue weighted by molar-refractivity contribution is 6.04. The van der Waals surface area contributed by atoms with Gasteiger partial charge in [0.05, 0.1) is 12.6 Å². The van der Waals surface area contributed by atoms with Crippen LogP contribution in [0.25, 0.3) is 16.8 Å². The highest BCUT2D eigenvalue weighted by Gasteiger charge is 2.32. The van der Waals surface area contributed by atoms with Crippen molar-refractivity contribution in [2.75, 3.05) is 31.3 Å². The lowest BCUT2D eigenvalue weighted by atomic mass is 10.0. The summed E-state index contributed by atoms with van der Waals surface area (Å²) in [6.45, 7) is 3.30. The second-order valence-corrected chi connectivity index (χ2v) is 10.2. The molecule has 1 aromatic carbocycles. The van der Waals surface area contributed by atoms with E-state index in [2.05, 4.69) is 27.1 Å². The van der Waals surface area contributed by atoms with E-state index < -0.39 is 6.23 Å². The number of nitrogen functional groups attached to an aromatic ring is 1. The minimum absolute atomic E-state index is 0.116. The summed E-state index contributed by atoms with van der Waals surface area (Å²) in [7, 11) is 1.62. The van der Waals surface area contributed by atoms with Gasteiger partial charge in [-0.1, -0.05) is 38.0 Å². The van der Waals surface area contributed by atoms with E-state index in [1.807, 2.05) is 40.9 Å². The zero-order chi connectivity index (χ0) is 28.8. The summed E-state index contributed by atoms with van der Waals surface area (Å²) in [5.74, 6) is 1.46. The lowest BCUT2D eigenvalue weighted by Gasteiger charge is -2.37. The van der Waals surface area contributed by atoms with Gasteiger partial charge in [-0.15, -0.1) is 0 Å². The Balaban J connectivity index is 1.44. The molecule has 4 heterocycles. The number of anilines is 2. The molecule has 214 valence electrons. The van der Waals surface area contributed by atoms with Gasteiger partial charge in [-0.25, -0.2) is 15.0 Å². The number of benzene rings is 1. The Labute approximate surface area is 239 Å². The number of aryl methyl sites for hydroxylation is 1. The van der Waals surface area contributed by atoms with Gasteiger partial charge in [-0.05, 0) is 55.2 Å². The zero-order valence-electron chi connectivity index (χ0n) is 23.5. The minimum atomic E-state index is -0.764. The van der Waals surface area contributed by atoms with Crippen LogP contribution in [0.5, 0.6) is 0 Å². The van der Waals surface area contributed by atoms with Crippen LogP contribution in [-0.2, 0) is 11.2 Å². The number of carbonyl (C=O) groups is 1. The Bertz CT molecular complexity index is 1520. The maximum Gasteiger partial charge on any atom is 0.256 e. The molecule has 2 atom stereocenters. The molecule has 3 aromatic heterocycles. The van der Waals surface area contributed by atoms with Crippen molar-refractivity contribution in [1.82, 2.24) is 24.3 Å². The van der Waals surface area contributed by atoms with Crippen LogP contribution in [0.2, 0.25) is 0 Å². The summed E-state index contributed by atoms with van der Waals surface area (Å²) in [5.41, 5.74) is 10.2. The minimum Gasteiger partial charge on any atom is -0.382 e. The number of methoxy groups -OCH3 is 1. The Morgan fingerprint density at radius 2 is 2.05 bits per heavy atom. The first-order valence-corrected chi connectivity index (χ1v) is 14.1. The summed E-state index contributed by atoms with van der Waals surface area (Å²) in [6, 6.07) is 11.0. The number of nitrogens with zero attached hydrogens (tertiary/aromatic N) is 5. The topological polar surface area (TPSA) is 131 Å². The van der Waals surface area contributed by atoms with E-state index in [0.29, 0.717) is 35.0 Å². The molecule has 0 radical (unpaired) electrons. The number of imidazole rings is 1. The molecule has 0 saturated carbocycles. The van der Waals surface area contributed by atoms with Gasteiger partial charge in [-0.2, -0.15) is 0 Å². The van der Waals surface area contributed by atoms with Crippen molar-refractivity contribution in [3.05, 3.63) is 84.1 Å². The number of rotatable bonds is 10. The summed E-state index contributed by atoms with van der Waals surface area (Å²) >= 11 is 0. The fourth-order valence-electron chi connectivity index (χ4n) is 5.41. The molecule has 1 amide bonds. The van der Waals surface area contributed by atoms with Crippen molar-refractivity contribution < 1.29 is 14.6 Å². The molecular formula is C31H37N7O3. The third-order valence-corrected chi connectivity index (χ3v) is 7.39. The maximum atomic E-state index is 13.0. The molecule has 5 rings (SSSR count). The highest BCUT2D eigenvalue weighted by Crippen LogP contribution is 2.36. The van der Waals surface area contributed by atoms with Gasteiger partial charge in [-0.3, -0.25) is 14.1 Å². The third kappa shape index (κ3) is 6.30. The molecule has 1 fully saturated rings. The van der Waals surface area contributed by atoms with Crippen LogP contribution in [0.1, 0.15) is 60.4 Å². The average molecular weight is 556 g/mol. The quantitative estimate of drug-likeness (QED) is 0.242. The zero-order valence-corrected chi connectivity index (χ0v) is 23.5. The summed E-state index contributed by atoms with van der Waals surface area (Å²) < 4.78 is 7.07. The molecule has 10 heteroatoms. The van der Waals surface area contributed by atoms with Crippen molar-refractivity contribution in [2.24, 2.45) is 0 Å². The van der Waals surface area contributed by atoms with Crippen LogP contribution in [0.4, 0.5) is 11.6 Å². The number of hydrogen-bond donors (Lipinski definition) is 3. The number of aliphatic hydroxyl groups is 1. The number of nitrogens with one attached hydrogen (secondary N) is 1. The van der Waals surface area contributed by atoms with Gasteiger partial charge in [0.15, 0.2) is 0 Å². The number of aromatic nitrogens is 4. The van der Waals surface area contributed by atoms with Crippen molar-refractivity contribution in [2.45, 2.75) is 51.3 Å². The van der Waals surface area contributed by atoms with E-state index in [1.54, 1.807) is 37.7 Å². The number of piperidine rings is 1. The van der Waals surface area contributed by atoms with Gasteiger partial charge in [0.1, 0.15) is 34.9 Å². The lowest BCUT2D eigenvalue weighted by molar-refractivity contribution is -0.0134. The van der Waals surface area contributed by atoms with E-state index in [1.165, 1.54) is 0 Å². The molecule has 0 spiro atoms. The Morgan fingerprint density at radius 1 is 1.22 bits per heavy atom. The molecule has 1 aliphatic rings. The van der Waals surface area contributed by atoms with Gasteiger partial charge in [0.25, 0.3) is 5.91 Å². The molecule has 41 heavy (non-hydrogen) atoms. The van der Waals surface area contributed by atoms with Crippen LogP contribution in [-0.4, -0.2) is 61.8 Å². The van der Waals surface area contributed by atoms with Crippen molar-refractivity contribution in [1.29, 1.82) is 0 Å². The van der Waals surface area contributed by atoms with Crippen LogP contribution < -0.4 is 11.1 Å². The first-order chi connectivity index (χ1) is 20.0. The predicted octanol–water partition coefficient (Wildman–Crippen LogP) is 4.63. The number of nitrogens with two attached hydrogens (primary N) is 1. The summed E-state index contributed by atoms with van der Waals surface area (Å²) in [6.07, 6.45) is 12.9. The Kier molecular flexibility index (Phi) is 9.03. The summed E-state index contributed by atoms with van der Waals surface area (Å²) in [4.78, 5) is 28.7. The SMILES string of the molecule is CCCc1ccnc(NC(=O)c2ccc(-c3nc([C@@H]4CCCCN4[C@@H](O)/C=C/COC)n4ccnc(N)c34)cc2)c1. The summed E-state index contributed by atoms with van der Waals surface area (Å²) in [5, 5.41) is 13.9. The predicted molar refractivity (Wildman–Crippen MR) is 159 cm³/mol. The number of aliphatic hydroxyl groups excluding tert-OH is 1. The number of hydrogen-bond acceptors (Lipinski definition) is 8. The van der Waals surface area contributed by atoms with E-state index >= 15 is 0 Å². The fraction of sp³-hybridized carbons (Fsp3) is 0.355. The maximum absolute atomic E-state index is 13.0. The van der Waals surface area contributed by atoms with Gasteiger partial charge >= 0.3 is 0 Å². The van der Waals surface area contributed by atoms with Gasteiger partial charge in [0, 0.05) is 43.4 Å². The van der Waals surface area contributed by atoms with Crippen molar-refractivity contribution >= 4 is 23.1 Å². The largest absolute Gasteiger partial charge is 0.382 e. The number of ether oxygens (including phenoxy) is 1. The monoisotopic (exact) mass is 555 g/mol. The average Bonchev–Trinajstić information content (AvgIpc) is 3.38. The van der Waals surface area contributed by atoms with Crippen LogP contribution >= 0.6 is 0 Å². The van der Waals surface area contributed by atoms with E-state index in [0.717, 1.165) is 55.6 Å². The number of fused-ring (bicyclic) bond motifs is 1. The van der Waals surface area contributed by atoms with Crippen molar-refractivity contribution in [3.63, 3.8) is 0 Å². The van der Waals surface area contributed by atoms with Gasteiger partial charge < -0.3 is 20.9 Å².